The van der Waals surface area contributed by atoms with Gasteiger partial charge in [0.25, 0.3) is 0 Å². The molecule has 6 rings (SSSR count). The van der Waals surface area contributed by atoms with E-state index in [0.717, 1.165) is 72.0 Å². The van der Waals surface area contributed by atoms with E-state index in [-0.39, 0.29) is 6.54 Å². The van der Waals surface area contributed by atoms with Gasteiger partial charge in [0.15, 0.2) is 0 Å². The number of nitrogens with one attached hydrogen (secondary N) is 1. The molecule has 2 aliphatic rings. The van der Waals surface area contributed by atoms with Crippen molar-refractivity contribution < 1.29 is 13.5 Å². The third-order valence-electron chi connectivity index (χ3n) is 8.98. The number of β-amino-alcohol motifs (C(OH)–C–C–N with tert-alkyl or cyclic N) is 1. The van der Waals surface area contributed by atoms with E-state index in [4.69, 9.17) is 28.3 Å². The van der Waals surface area contributed by atoms with Crippen LogP contribution in [-0.4, -0.2) is 71.0 Å². The zero-order chi connectivity index (χ0) is 33.7. The molecule has 0 spiro atoms. The second-order valence-electron chi connectivity index (χ2n) is 12.7. The monoisotopic (exact) mass is 705 g/mol. The van der Waals surface area contributed by atoms with Gasteiger partial charge in [-0.1, -0.05) is 71.8 Å². The molecule has 0 radical (unpaired) electrons. The van der Waals surface area contributed by atoms with Gasteiger partial charge in [0.1, 0.15) is 0 Å². The van der Waals surface area contributed by atoms with Gasteiger partial charge in [-0.3, -0.25) is 4.68 Å². The fraction of sp³-hybridized carbons (Fsp3) is 0.378. The van der Waals surface area contributed by atoms with Crippen molar-refractivity contribution in [3.63, 3.8) is 0 Å². The van der Waals surface area contributed by atoms with E-state index in [2.05, 4.69) is 34.2 Å². The lowest BCUT2D eigenvalue weighted by Gasteiger charge is -2.29. The summed E-state index contributed by atoms with van der Waals surface area (Å²) in [5.41, 5.74) is 7.18. The highest BCUT2D eigenvalue weighted by atomic mass is 35.5. The van der Waals surface area contributed by atoms with E-state index in [1.54, 1.807) is 0 Å². The van der Waals surface area contributed by atoms with Crippen LogP contribution in [0.15, 0.2) is 66.7 Å². The maximum absolute atomic E-state index is 12.5. The Morgan fingerprint density at radius 2 is 1.58 bits per heavy atom. The molecule has 2 aliphatic heterocycles. The van der Waals surface area contributed by atoms with Crippen molar-refractivity contribution in [2.24, 2.45) is 0 Å². The molecule has 4 aromatic rings. The molecule has 1 aromatic heterocycles. The molecule has 0 aliphatic carbocycles. The molecule has 8 nitrogen and oxygen atoms in total. The molecule has 48 heavy (non-hydrogen) atoms. The predicted molar refractivity (Wildman–Crippen MR) is 192 cm³/mol. The number of halogens is 2. The lowest BCUT2D eigenvalue weighted by atomic mass is 10.0. The maximum Gasteiger partial charge on any atom is 0.211 e. The lowest BCUT2D eigenvalue weighted by Crippen LogP contribution is -2.39. The van der Waals surface area contributed by atoms with Crippen molar-refractivity contribution in [2.75, 3.05) is 32.4 Å². The minimum absolute atomic E-state index is 0.232. The predicted octanol–water partition coefficient (Wildman–Crippen LogP) is 5.71. The van der Waals surface area contributed by atoms with Crippen molar-refractivity contribution in [1.29, 1.82) is 0 Å². The van der Waals surface area contributed by atoms with E-state index >= 15 is 0 Å². The summed E-state index contributed by atoms with van der Waals surface area (Å²) < 4.78 is 28.4. The zero-order valence-corrected chi connectivity index (χ0v) is 29.5. The highest BCUT2D eigenvalue weighted by molar-refractivity contribution is 7.88. The van der Waals surface area contributed by atoms with E-state index in [1.165, 1.54) is 22.5 Å². The molecule has 11 heteroatoms. The van der Waals surface area contributed by atoms with E-state index < -0.39 is 16.1 Å². The minimum atomic E-state index is -3.39. The first kappa shape index (κ1) is 34.7. The molecule has 252 valence electrons. The summed E-state index contributed by atoms with van der Waals surface area (Å²) in [6.07, 6.45) is 4.75. The second kappa shape index (κ2) is 15.6. The summed E-state index contributed by atoms with van der Waals surface area (Å²) >= 11 is 12.6. The molecule has 2 N–H and O–H groups in total. The average molecular weight is 707 g/mol. The third-order valence-corrected chi connectivity index (χ3v) is 10.8. The number of nitrogens with zero attached hydrogens (tertiary/aromatic N) is 4. The molecule has 0 bridgehead atoms. The number of benzene rings is 3. The number of aliphatic hydroxyl groups excluding tert-OH is 1. The van der Waals surface area contributed by atoms with Gasteiger partial charge in [-0.15, -0.1) is 0 Å². The van der Waals surface area contributed by atoms with Crippen LogP contribution >= 0.6 is 23.2 Å². The SMILES string of the molecule is CS(=O)(=O)N1CCc2c(c(-c3ccc(Cl)c(C#Cc4ccc(CNCc5ccc(Cl)cc5)cc4)c3)nn2CC(O)CN2CCCCC2)C1. The minimum Gasteiger partial charge on any atom is -0.390 e. The smallest absolute Gasteiger partial charge is 0.211 e. The van der Waals surface area contributed by atoms with Crippen LogP contribution in [0.2, 0.25) is 10.0 Å². The summed E-state index contributed by atoms with van der Waals surface area (Å²) in [5.74, 6) is 6.47. The van der Waals surface area contributed by atoms with Gasteiger partial charge in [0.05, 0.1) is 29.6 Å². The maximum atomic E-state index is 12.5. The molecular weight excluding hydrogens is 665 g/mol. The summed E-state index contributed by atoms with van der Waals surface area (Å²) in [6.45, 7) is 5.05. The first-order chi connectivity index (χ1) is 23.1. The van der Waals surface area contributed by atoms with Crippen LogP contribution in [0, 0.1) is 11.8 Å². The van der Waals surface area contributed by atoms with Crippen molar-refractivity contribution in [3.05, 3.63) is 110 Å². The Balaban J connectivity index is 1.19. The topological polar surface area (TPSA) is 90.7 Å². The third kappa shape index (κ3) is 8.87. The van der Waals surface area contributed by atoms with Gasteiger partial charge >= 0.3 is 0 Å². The van der Waals surface area contributed by atoms with Crippen LogP contribution in [0.3, 0.4) is 0 Å². The fourth-order valence-electron chi connectivity index (χ4n) is 6.40. The average Bonchev–Trinajstić information content (AvgIpc) is 3.43. The summed E-state index contributed by atoms with van der Waals surface area (Å²) in [7, 11) is -3.39. The number of likely N-dealkylation sites (tertiary alicyclic amines) is 1. The molecule has 0 amide bonds. The van der Waals surface area contributed by atoms with Gasteiger partial charge in [-0.25, -0.2) is 8.42 Å². The molecule has 1 atom stereocenters. The van der Waals surface area contributed by atoms with Crippen molar-refractivity contribution in [3.8, 4) is 23.1 Å². The van der Waals surface area contributed by atoms with Gasteiger partial charge in [0.2, 0.25) is 10.0 Å². The molecular formula is C37H41Cl2N5O3S. The van der Waals surface area contributed by atoms with Crippen molar-refractivity contribution in [2.45, 2.75) is 58.0 Å². The van der Waals surface area contributed by atoms with Gasteiger partial charge in [-0.2, -0.15) is 9.40 Å². The number of hydrogen-bond acceptors (Lipinski definition) is 6. The quantitative estimate of drug-likeness (QED) is 0.206. The van der Waals surface area contributed by atoms with Gasteiger partial charge < -0.3 is 15.3 Å². The van der Waals surface area contributed by atoms with Crippen LogP contribution in [0.5, 0.6) is 0 Å². The molecule has 3 aromatic carbocycles. The first-order valence-corrected chi connectivity index (χ1v) is 19.0. The largest absolute Gasteiger partial charge is 0.390 e. The Morgan fingerprint density at radius 3 is 2.27 bits per heavy atom. The molecule has 3 heterocycles. The Morgan fingerprint density at radius 1 is 0.896 bits per heavy atom. The molecule has 0 saturated carbocycles. The normalized spacial score (nSPS) is 16.2. The van der Waals surface area contributed by atoms with Crippen molar-refractivity contribution >= 4 is 33.2 Å². The van der Waals surface area contributed by atoms with Gasteiger partial charge in [0, 0.05) is 72.1 Å². The highest BCUT2D eigenvalue weighted by Gasteiger charge is 2.30. The Kier molecular flexibility index (Phi) is 11.2. The number of hydrogen-bond donors (Lipinski definition) is 2. The number of sulfonamides is 1. The fourth-order valence-corrected chi connectivity index (χ4v) is 7.47. The van der Waals surface area contributed by atoms with Crippen LogP contribution in [0.4, 0.5) is 0 Å². The number of rotatable bonds is 10. The highest BCUT2D eigenvalue weighted by Crippen LogP contribution is 2.33. The molecule has 1 saturated heterocycles. The molecule has 1 fully saturated rings. The van der Waals surface area contributed by atoms with Crippen LogP contribution < -0.4 is 5.32 Å². The van der Waals surface area contributed by atoms with Crippen LogP contribution in [-0.2, 0) is 42.6 Å². The standard InChI is InChI=1S/C37H41Cl2N5O3S/c1-48(46,47)43-20-17-36-34(26-43)37(41-44(36)25-33(45)24-42-18-3-2-4-19-42)31-13-16-35(39)30(21-31)12-9-27-5-7-28(8-6-27)22-40-23-29-10-14-32(38)15-11-29/h5-8,10-11,13-16,21,33,40,45H,2-4,17-20,22-26H2,1H3. The van der Waals surface area contributed by atoms with E-state index in [1.807, 2.05) is 59.3 Å². The number of aliphatic hydroxyl groups is 1. The summed E-state index contributed by atoms with van der Waals surface area (Å²) in [4.78, 5) is 2.31. The number of piperidine rings is 1. The zero-order valence-electron chi connectivity index (χ0n) is 27.1. The first-order valence-electron chi connectivity index (χ1n) is 16.4. The number of fused-ring (bicyclic) bond motifs is 1. The summed E-state index contributed by atoms with van der Waals surface area (Å²) in [5, 5.41) is 20.7. The Hall–Kier alpha value is -3.20. The van der Waals surface area contributed by atoms with Gasteiger partial charge in [-0.05, 0) is 73.5 Å². The lowest BCUT2D eigenvalue weighted by molar-refractivity contribution is 0.0847. The van der Waals surface area contributed by atoms with E-state index in [0.29, 0.717) is 42.3 Å². The van der Waals surface area contributed by atoms with Crippen LogP contribution in [0.1, 0.15) is 52.8 Å². The number of aromatic nitrogens is 2. The second-order valence-corrected chi connectivity index (χ2v) is 15.5. The molecule has 1 unspecified atom stereocenters. The Bertz CT molecular complexity index is 1890. The Labute approximate surface area is 293 Å². The van der Waals surface area contributed by atoms with Crippen LogP contribution in [0.25, 0.3) is 11.3 Å². The summed E-state index contributed by atoms with van der Waals surface area (Å²) in [6, 6.07) is 21.6. The van der Waals surface area contributed by atoms with Crippen molar-refractivity contribution in [1.82, 2.24) is 24.3 Å². The van der Waals surface area contributed by atoms with E-state index in [9.17, 15) is 13.5 Å².